The van der Waals surface area contributed by atoms with Crippen molar-refractivity contribution >= 4 is 11.7 Å². The zero-order valence-corrected chi connectivity index (χ0v) is 13.3. The summed E-state index contributed by atoms with van der Waals surface area (Å²) in [5.41, 5.74) is 0.129. The second-order valence-corrected chi connectivity index (χ2v) is 5.85. The molecule has 1 fully saturated rings. The van der Waals surface area contributed by atoms with E-state index in [1.807, 2.05) is 0 Å². The summed E-state index contributed by atoms with van der Waals surface area (Å²) in [6.07, 6.45) is -1.16. The van der Waals surface area contributed by atoms with Crippen LogP contribution in [0, 0.1) is 5.82 Å². The van der Waals surface area contributed by atoms with Crippen LogP contribution in [-0.4, -0.2) is 47.8 Å². The van der Waals surface area contributed by atoms with Crippen LogP contribution in [0.2, 0.25) is 0 Å². The third-order valence-corrected chi connectivity index (χ3v) is 3.80. The summed E-state index contributed by atoms with van der Waals surface area (Å²) in [4.78, 5) is 14.0. The minimum atomic E-state index is -2.70. The first-order valence-corrected chi connectivity index (χ1v) is 7.83. The number of aliphatic hydroxyl groups is 1. The van der Waals surface area contributed by atoms with Gasteiger partial charge in [-0.25, -0.2) is 18.0 Å². The molecule has 0 bridgehead atoms. The summed E-state index contributed by atoms with van der Waals surface area (Å²) >= 11 is 0. The molecule has 0 spiro atoms. The monoisotopic (exact) mass is 346 g/mol. The first-order valence-electron chi connectivity index (χ1n) is 7.83. The SMILES string of the molecule is CC(O)CC1CCCN1C(=O)Nc1ccc(F)cc1OCC(F)F. The number of likely N-dealkylation sites (tertiary alicyclic amines) is 1. The molecule has 2 rings (SSSR count). The van der Waals surface area contributed by atoms with Crippen LogP contribution in [0.3, 0.4) is 0 Å². The van der Waals surface area contributed by atoms with Gasteiger partial charge in [-0.05, 0) is 38.3 Å². The largest absolute Gasteiger partial charge is 0.485 e. The number of hydrogen-bond acceptors (Lipinski definition) is 3. The van der Waals surface area contributed by atoms with Crippen LogP contribution in [0.15, 0.2) is 18.2 Å². The highest BCUT2D eigenvalue weighted by atomic mass is 19.3. The molecule has 2 unspecified atom stereocenters. The standard InChI is InChI=1S/C16H21F3N2O3/c1-10(22)7-12-3-2-6-21(12)16(23)20-13-5-4-11(17)8-14(13)24-9-15(18)19/h4-5,8,10,12,15,22H,2-3,6-7,9H2,1H3,(H,20,23). The number of urea groups is 1. The second-order valence-electron chi connectivity index (χ2n) is 5.85. The first kappa shape index (κ1) is 18.4. The van der Waals surface area contributed by atoms with Crippen LogP contribution < -0.4 is 10.1 Å². The van der Waals surface area contributed by atoms with E-state index in [4.69, 9.17) is 4.74 Å². The Balaban J connectivity index is 2.07. The number of rotatable bonds is 6. The second kappa shape index (κ2) is 8.23. The predicted molar refractivity (Wildman–Crippen MR) is 82.9 cm³/mol. The molecule has 0 radical (unpaired) electrons. The molecule has 1 saturated heterocycles. The van der Waals surface area contributed by atoms with Gasteiger partial charge < -0.3 is 20.1 Å². The van der Waals surface area contributed by atoms with Crippen molar-refractivity contribution in [1.82, 2.24) is 4.90 Å². The number of nitrogens with one attached hydrogen (secondary N) is 1. The lowest BCUT2D eigenvalue weighted by Crippen LogP contribution is -2.40. The van der Waals surface area contributed by atoms with Crippen molar-refractivity contribution < 1.29 is 27.8 Å². The molecule has 2 N–H and O–H groups in total. The van der Waals surface area contributed by atoms with Crippen LogP contribution in [-0.2, 0) is 0 Å². The average molecular weight is 346 g/mol. The number of halogens is 3. The number of hydrogen-bond donors (Lipinski definition) is 2. The maximum Gasteiger partial charge on any atom is 0.322 e. The number of anilines is 1. The van der Waals surface area contributed by atoms with Gasteiger partial charge in [-0.1, -0.05) is 0 Å². The lowest BCUT2D eigenvalue weighted by molar-refractivity contribution is 0.0821. The Morgan fingerprint density at radius 2 is 2.25 bits per heavy atom. The van der Waals surface area contributed by atoms with E-state index in [0.29, 0.717) is 13.0 Å². The van der Waals surface area contributed by atoms with Crippen LogP contribution in [0.1, 0.15) is 26.2 Å². The highest BCUT2D eigenvalue weighted by molar-refractivity contribution is 5.91. The molecule has 0 saturated carbocycles. The van der Waals surface area contributed by atoms with Gasteiger partial charge in [0.05, 0.1) is 11.8 Å². The number of carbonyl (C=O) groups excluding carboxylic acids is 1. The first-order chi connectivity index (χ1) is 11.4. The summed E-state index contributed by atoms with van der Waals surface area (Å²) in [7, 11) is 0. The maximum absolute atomic E-state index is 13.3. The minimum absolute atomic E-state index is 0.0871. The van der Waals surface area contributed by atoms with Crippen LogP contribution >= 0.6 is 0 Å². The van der Waals surface area contributed by atoms with E-state index in [9.17, 15) is 23.1 Å². The van der Waals surface area contributed by atoms with E-state index < -0.39 is 31.0 Å². The Bertz CT molecular complexity index is 569. The lowest BCUT2D eigenvalue weighted by atomic mass is 10.1. The summed E-state index contributed by atoms with van der Waals surface area (Å²) < 4.78 is 42.8. The number of benzene rings is 1. The van der Waals surface area contributed by atoms with Crippen LogP contribution in [0.5, 0.6) is 5.75 Å². The van der Waals surface area contributed by atoms with Crippen molar-refractivity contribution in [2.45, 2.75) is 44.8 Å². The zero-order chi connectivity index (χ0) is 17.7. The molecular formula is C16H21F3N2O3. The van der Waals surface area contributed by atoms with Gasteiger partial charge in [-0.2, -0.15) is 0 Å². The Morgan fingerprint density at radius 1 is 1.50 bits per heavy atom. The van der Waals surface area contributed by atoms with E-state index >= 15 is 0 Å². The molecule has 1 aromatic rings. The Labute approximate surface area is 138 Å². The molecule has 24 heavy (non-hydrogen) atoms. The third kappa shape index (κ3) is 5.02. The van der Waals surface area contributed by atoms with Crippen LogP contribution in [0.25, 0.3) is 0 Å². The van der Waals surface area contributed by atoms with E-state index in [-0.39, 0.29) is 17.5 Å². The molecule has 5 nitrogen and oxygen atoms in total. The minimum Gasteiger partial charge on any atom is -0.485 e. The van der Waals surface area contributed by atoms with Crippen molar-refractivity contribution in [1.29, 1.82) is 0 Å². The third-order valence-electron chi connectivity index (χ3n) is 3.80. The highest BCUT2D eigenvalue weighted by Crippen LogP contribution is 2.28. The van der Waals surface area contributed by atoms with Gasteiger partial charge in [0.2, 0.25) is 0 Å². The lowest BCUT2D eigenvalue weighted by Gasteiger charge is -2.26. The Hall–Kier alpha value is -1.96. The molecule has 0 aliphatic carbocycles. The molecule has 1 aromatic carbocycles. The predicted octanol–water partition coefficient (Wildman–Crippen LogP) is 3.24. The van der Waals surface area contributed by atoms with Crippen LogP contribution in [0.4, 0.5) is 23.7 Å². The van der Waals surface area contributed by atoms with Gasteiger partial charge in [-0.3, -0.25) is 0 Å². The van der Waals surface area contributed by atoms with E-state index in [0.717, 1.165) is 25.0 Å². The summed E-state index contributed by atoms with van der Waals surface area (Å²) in [6, 6.07) is 2.83. The number of amides is 2. The molecule has 8 heteroatoms. The van der Waals surface area contributed by atoms with Gasteiger partial charge in [-0.15, -0.1) is 0 Å². The van der Waals surface area contributed by atoms with Gasteiger partial charge in [0.1, 0.15) is 18.2 Å². The van der Waals surface area contributed by atoms with E-state index in [1.165, 1.54) is 6.07 Å². The quantitative estimate of drug-likeness (QED) is 0.831. The number of carbonyl (C=O) groups is 1. The Kier molecular flexibility index (Phi) is 6.30. The smallest absolute Gasteiger partial charge is 0.322 e. The molecule has 134 valence electrons. The van der Waals surface area contributed by atoms with E-state index in [2.05, 4.69) is 5.32 Å². The molecule has 1 heterocycles. The number of aliphatic hydroxyl groups excluding tert-OH is 1. The molecular weight excluding hydrogens is 325 g/mol. The fourth-order valence-electron chi connectivity index (χ4n) is 2.80. The van der Waals surface area contributed by atoms with Crippen molar-refractivity contribution in [3.63, 3.8) is 0 Å². The summed E-state index contributed by atoms with van der Waals surface area (Å²) in [5, 5.41) is 12.1. The molecule has 1 aliphatic rings. The van der Waals surface area contributed by atoms with Crippen molar-refractivity contribution in [3.8, 4) is 5.75 Å². The maximum atomic E-state index is 13.3. The van der Waals surface area contributed by atoms with Gasteiger partial charge in [0, 0.05) is 18.7 Å². The Morgan fingerprint density at radius 3 is 2.92 bits per heavy atom. The topological polar surface area (TPSA) is 61.8 Å². The normalized spacial score (nSPS) is 18.8. The fraction of sp³-hybridized carbons (Fsp3) is 0.562. The number of nitrogens with zero attached hydrogens (tertiary/aromatic N) is 1. The fourth-order valence-corrected chi connectivity index (χ4v) is 2.80. The van der Waals surface area contributed by atoms with Crippen molar-refractivity contribution in [2.75, 3.05) is 18.5 Å². The summed E-state index contributed by atoms with van der Waals surface area (Å²) in [6.45, 7) is 1.31. The molecule has 2 atom stereocenters. The van der Waals surface area contributed by atoms with Gasteiger partial charge in [0.15, 0.2) is 0 Å². The highest BCUT2D eigenvalue weighted by Gasteiger charge is 2.30. The average Bonchev–Trinajstić information content (AvgIpc) is 2.94. The van der Waals surface area contributed by atoms with Crippen molar-refractivity contribution in [3.05, 3.63) is 24.0 Å². The van der Waals surface area contributed by atoms with Crippen molar-refractivity contribution in [2.24, 2.45) is 0 Å². The summed E-state index contributed by atoms with van der Waals surface area (Å²) in [5.74, 6) is -0.791. The number of ether oxygens (including phenoxy) is 1. The molecule has 0 aromatic heterocycles. The number of alkyl halides is 2. The molecule has 2 amide bonds. The zero-order valence-electron chi connectivity index (χ0n) is 13.3. The van der Waals surface area contributed by atoms with Gasteiger partial charge >= 0.3 is 6.03 Å². The van der Waals surface area contributed by atoms with Gasteiger partial charge in [0.25, 0.3) is 6.43 Å². The molecule has 1 aliphatic heterocycles. The van der Waals surface area contributed by atoms with E-state index in [1.54, 1.807) is 11.8 Å².